The second-order valence-electron chi connectivity index (χ2n) is 4.99. The van der Waals surface area contributed by atoms with E-state index in [1.165, 1.54) is 32.2 Å². The van der Waals surface area contributed by atoms with Crippen LogP contribution < -0.4 is 17.5 Å². The second kappa shape index (κ2) is 4.12. The Morgan fingerprint density at radius 2 is 2.15 bits per heavy atom. The van der Waals surface area contributed by atoms with Gasteiger partial charge in [0, 0.05) is 0 Å². The zero-order chi connectivity index (χ0) is 9.47. The molecule has 0 unspecified atom stereocenters. The summed E-state index contributed by atoms with van der Waals surface area (Å²) in [4.78, 5) is 0. The molecule has 2 rings (SSSR count). The fraction of sp³-hybridized carbons (Fsp3) is 1.00. The molecule has 0 aromatic heterocycles. The van der Waals surface area contributed by atoms with Gasteiger partial charge in [0.1, 0.15) is 0 Å². The predicted molar refractivity (Wildman–Crippen MR) is 60.3 cm³/mol. The minimum atomic E-state index is 0.302. The van der Waals surface area contributed by atoms with Crippen molar-refractivity contribution in [1.29, 1.82) is 0 Å². The Kier molecular flexibility index (Phi) is 3.46. The van der Waals surface area contributed by atoms with Gasteiger partial charge >= 0.3 is 103 Å². The number of hydrogen-bond donors (Lipinski definition) is 0. The van der Waals surface area contributed by atoms with Gasteiger partial charge in [-0.25, -0.2) is 0 Å². The summed E-state index contributed by atoms with van der Waals surface area (Å²) in [5, 5.41) is 0. The van der Waals surface area contributed by atoms with Crippen LogP contribution in [0.1, 0.15) is 39.5 Å². The minimum absolute atomic E-state index is 0.302. The van der Waals surface area contributed by atoms with Crippen molar-refractivity contribution in [3.8, 4) is 0 Å². The summed E-state index contributed by atoms with van der Waals surface area (Å²) in [5.74, 6) is 0.870. The Bertz CT molecular complexity index is 189. The molecule has 1 saturated heterocycles. The van der Waals surface area contributed by atoms with Crippen LogP contribution in [0.25, 0.3) is 0 Å². The summed E-state index contributed by atoms with van der Waals surface area (Å²) in [6.07, 6.45) is 6.05. The molecule has 0 radical (unpaired) electrons. The monoisotopic (exact) mass is 406 g/mol. The third-order valence-electron chi connectivity index (χ3n) is 3.75. The number of halogens is 2. The van der Waals surface area contributed by atoms with Crippen molar-refractivity contribution >= 4 is 18.6 Å². The molecule has 1 heterocycles. The van der Waals surface area contributed by atoms with Crippen molar-refractivity contribution in [3.05, 3.63) is 0 Å². The van der Waals surface area contributed by atoms with Crippen LogP contribution in [0.4, 0.5) is 0 Å². The molecule has 0 N–H and O–H groups in total. The van der Waals surface area contributed by atoms with Crippen molar-refractivity contribution in [2.45, 2.75) is 45.6 Å². The first-order valence-electron chi connectivity index (χ1n) is 5.20. The standard InChI is InChI=1S/C10H18I2N/c1-8(2)9-6-10(4-3-5-10)7-13(9)12-11/h8-9H,3-7H2,1-2H3/q-1/t9-/m0/s1. The summed E-state index contributed by atoms with van der Waals surface area (Å²) in [7, 11) is 0. The number of nitrogens with zero attached hydrogens (tertiary/aromatic N) is 1. The number of hydrogen-bond acceptors (Lipinski definition) is 1. The zero-order valence-corrected chi connectivity index (χ0v) is 12.7. The molecule has 2 fully saturated rings. The van der Waals surface area contributed by atoms with Crippen molar-refractivity contribution in [1.82, 2.24) is 3.11 Å². The topological polar surface area (TPSA) is 3.24 Å². The summed E-state index contributed by atoms with van der Waals surface area (Å²) >= 11 is 2.93. The Hall–Kier alpha value is 1.42. The molecular weight excluding hydrogens is 388 g/mol. The molecule has 0 bridgehead atoms. The molecule has 1 aliphatic carbocycles. The maximum atomic E-state index is 2.81. The van der Waals surface area contributed by atoms with E-state index in [9.17, 15) is 0 Å². The van der Waals surface area contributed by atoms with Crippen molar-refractivity contribution in [2.24, 2.45) is 11.3 Å². The fourth-order valence-electron chi connectivity index (χ4n) is 2.71. The van der Waals surface area contributed by atoms with Crippen LogP contribution in [0.3, 0.4) is 0 Å². The van der Waals surface area contributed by atoms with Crippen LogP contribution in [-0.4, -0.2) is 15.7 Å². The molecule has 2 aliphatic rings. The molecule has 1 spiro atoms. The van der Waals surface area contributed by atoms with E-state index in [4.69, 9.17) is 0 Å². The van der Waals surface area contributed by atoms with Crippen LogP contribution in [0.2, 0.25) is 0 Å². The molecule has 1 nitrogen and oxygen atoms in total. The summed E-state index contributed by atoms with van der Waals surface area (Å²) < 4.78 is 2.81. The molecule has 0 aromatic rings. The molecule has 1 saturated carbocycles. The summed E-state index contributed by atoms with van der Waals surface area (Å²) in [5.41, 5.74) is 0.791. The van der Waals surface area contributed by atoms with E-state index < -0.39 is 0 Å². The van der Waals surface area contributed by atoms with Gasteiger partial charge in [-0.05, 0) is 0 Å². The molecule has 1 aliphatic heterocycles. The van der Waals surface area contributed by atoms with Crippen molar-refractivity contribution in [3.63, 3.8) is 0 Å². The van der Waals surface area contributed by atoms with E-state index in [2.05, 4.69) is 35.6 Å². The first kappa shape index (κ1) is 10.9. The first-order valence-corrected chi connectivity index (χ1v) is 12.4. The average molecular weight is 406 g/mol. The Labute approximate surface area is 102 Å². The van der Waals surface area contributed by atoms with Crippen LogP contribution in [-0.2, 0) is 0 Å². The Morgan fingerprint density at radius 1 is 1.46 bits per heavy atom. The van der Waals surface area contributed by atoms with Gasteiger partial charge in [-0.3, -0.25) is 0 Å². The van der Waals surface area contributed by atoms with Gasteiger partial charge in [-0.2, -0.15) is 0 Å². The molecule has 3 heteroatoms. The summed E-state index contributed by atoms with van der Waals surface area (Å²) in [6.45, 7) is 6.23. The van der Waals surface area contributed by atoms with Crippen molar-refractivity contribution < 1.29 is 17.5 Å². The van der Waals surface area contributed by atoms with Crippen molar-refractivity contribution in [2.75, 3.05) is 6.54 Å². The van der Waals surface area contributed by atoms with Gasteiger partial charge in [0.05, 0.1) is 0 Å². The van der Waals surface area contributed by atoms with Gasteiger partial charge in [0.25, 0.3) is 0 Å². The average Bonchev–Trinajstić information content (AvgIpc) is 2.42. The van der Waals surface area contributed by atoms with Gasteiger partial charge in [0.15, 0.2) is 0 Å². The second-order valence-corrected chi connectivity index (χ2v) is 9.04. The van der Waals surface area contributed by atoms with Gasteiger partial charge in [0.2, 0.25) is 0 Å². The molecule has 78 valence electrons. The zero-order valence-electron chi connectivity index (χ0n) is 8.39. The van der Waals surface area contributed by atoms with E-state index in [1.54, 1.807) is 0 Å². The first-order chi connectivity index (χ1) is 6.17. The molecule has 1 atom stereocenters. The van der Waals surface area contributed by atoms with Gasteiger partial charge in [-0.1, -0.05) is 0 Å². The van der Waals surface area contributed by atoms with E-state index >= 15 is 0 Å². The van der Waals surface area contributed by atoms with Crippen LogP contribution in [0, 0.1) is 11.3 Å². The third kappa shape index (κ3) is 2.02. The van der Waals surface area contributed by atoms with Crippen LogP contribution in [0.15, 0.2) is 0 Å². The number of rotatable bonds is 2. The van der Waals surface area contributed by atoms with E-state index in [0.717, 1.165) is 17.4 Å². The molecule has 13 heavy (non-hydrogen) atoms. The summed E-state index contributed by atoms with van der Waals surface area (Å²) in [6, 6.07) is 0.921. The van der Waals surface area contributed by atoms with E-state index in [1.807, 2.05) is 0 Å². The van der Waals surface area contributed by atoms with E-state index in [-0.39, 0.29) is 0 Å². The van der Waals surface area contributed by atoms with E-state index in [0.29, 0.717) is 17.5 Å². The fourth-order valence-corrected chi connectivity index (χ4v) is 7.36. The van der Waals surface area contributed by atoms with Gasteiger partial charge in [-0.15, -0.1) is 0 Å². The SMILES string of the molecule is CC(C)[C@@H]1CC2(CCC2)CN1[I-]I. The quantitative estimate of drug-likeness (QED) is 0.470. The third-order valence-corrected chi connectivity index (χ3v) is 8.42. The molecule has 0 amide bonds. The molecular formula is C10H18I2N-. The predicted octanol–water partition coefficient (Wildman–Crippen LogP) is 0.241. The maximum absolute atomic E-state index is 2.81. The normalized spacial score (nSPS) is 33.1. The Morgan fingerprint density at radius 3 is 2.46 bits per heavy atom. The molecule has 0 aromatic carbocycles. The van der Waals surface area contributed by atoms with Crippen LogP contribution in [0.5, 0.6) is 0 Å². The van der Waals surface area contributed by atoms with Crippen LogP contribution >= 0.6 is 18.6 Å². The Balaban J connectivity index is 2.03. The van der Waals surface area contributed by atoms with Gasteiger partial charge < -0.3 is 0 Å².